The molecule has 0 bridgehead atoms. The van der Waals surface area contributed by atoms with Gasteiger partial charge in [0.05, 0.1) is 39.9 Å². The summed E-state index contributed by atoms with van der Waals surface area (Å²) >= 11 is 0. The fraction of sp³-hybridized carbons (Fsp3) is 0.766. The van der Waals surface area contributed by atoms with E-state index in [1.165, 1.54) is 103 Å². The van der Waals surface area contributed by atoms with Crippen LogP contribution in [-0.4, -0.2) is 73.4 Å². The summed E-state index contributed by atoms with van der Waals surface area (Å²) in [6.07, 6.45) is 51.2. The van der Waals surface area contributed by atoms with Crippen molar-refractivity contribution in [1.82, 2.24) is 5.32 Å². The molecule has 1 amide bonds. The molecule has 9 heteroatoms. The number of carbonyl (C=O) groups excluding carboxylic acids is 1. The van der Waals surface area contributed by atoms with Crippen molar-refractivity contribution in [3.05, 3.63) is 60.8 Å². The molecule has 326 valence electrons. The summed E-state index contributed by atoms with van der Waals surface area (Å²) in [4.78, 5) is 22.8. The van der Waals surface area contributed by atoms with E-state index in [2.05, 4.69) is 60.8 Å². The van der Waals surface area contributed by atoms with Gasteiger partial charge < -0.3 is 19.8 Å². The van der Waals surface area contributed by atoms with Crippen LogP contribution >= 0.6 is 7.82 Å². The molecule has 0 aliphatic carbocycles. The Kier molecular flexibility index (Phi) is 37.5. The molecule has 0 aromatic rings. The number of rotatable bonds is 40. The minimum absolute atomic E-state index is 0.0589. The number of aliphatic hydroxyl groups excluding tert-OH is 1. The molecule has 3 atom stereocenters. The molecule has 8 nitrogen and oxygen atoms in total. The largest absolute Gasteiger partial charge is 0.472 e. The molecule has 0 heterocycles. The maximum atomic E-state index is 12.7. The number of quaternary nitrogens is 1. The van der Waals surface area contributed by atoms with E-state index in [1.54, 1.807) is 6.08 Å². The Labute approximate surface area is 345 Å². The Bertz CT molecular complexity index is 1100. The van der Waals surface area contributed by atoms with E-state index in [0.717, 1.165) is 57.8 Å². The number of phosphoric ester groups is 1. The Morgan fingerprint density at radius 3 is 1.54 bits per heavy atom. The zero-order valence-electron chi connectivity index (χ0n) is 36.9. The first-order chi connectivity index (χ1) is 27.0. The van der Waals surface area contributed by atoms with Crippen molar-refractivity contribution in [3.8, 4) is 0 Å². The predicted octanol–water partition coefficient (Wildman–Crippen LogP) is 12.6. The normalized spacial score (nSPS) is 14.9. The number of unbranched alkanes of at least 4 members (excludes halogenated alkanes) is 19. The lowest BCUT2D eigenvalue weighted by atomic mass is 10.0. The first-order valence-corrected chi connectivity index (χ1v) is 24.2. The van der Waals surface area contributed by atoms with Crippen LogP contribution in [-0.2, 0) is 18.4 Å². The number of hydrogen-bond donors (Lipinski definition) is 3. The summed E-state index contributed by atoms with van der Waals surface area (Å²) in [6, 6.07) is -0.842. The van der Waals surface area contributed by atoms with Crippen LogP contribution in [0.1, 0.15) is 181 Å². The number of hydrogen-bond acceptors (Lipinski definition) is 5. The quantitative estimate of drug-likeness (QED) is 0.0246. The third-order valence-corrected chi connectivity index (χ3v) is 10.7. The van der Waals surface area contributed by atoms with Crippen LogP contribution in [0.2, 0.25) is 0 Å². The summed E-state index contributed by atoms with van der Waals surface area (Å²) in [7, 11) is 1.56. The van der Waals surface area contributed by atoms with Crippen molar-refractivity contribution in [2.75, 3.05) is 40.9 Å². The van der Waals surface area contributed by atoms with Crippen LogP contribution in [0.4, 0.5) is 0 Å². The SMILES string of the molecule is CC/C=C\C/C=C\C/C=C\C/C=C\CCCCCCCCCCCCCCCCCCCCC(=O)NC(COP(=O)(O)OCC[N+](C)(C)C)C(O)/C=C/CCC. The highest BCUT2D eigenvalue weighted by Crippen LogP contribution is 2.43. The van der Waals surface area contributed by atoms with Gasteiger partial charge in [-0.2, -0.15) is 0 Å². The van der Waals surface area contributed by atoms with Gasteiger partial charge >= 0.3 is 7.82 Å². The molecule has 0 aliphatic heterocycles. The highest BCUT2D eigenvalue weighted by Gasteiger charge is 2.27. The number of nitrogens with one attached hydrogen (secondary N) is 1. The van der Waals surface area contributed by atoms with Crippen molar-refractivity contribution >= 4 is 13.7 Å². The van der Waals surface area contributed by atoms with E-state index in [4.69, 9.17) is 9.05 Å². The first-order valence-electron chi connectivity index (χ1n) is 22.7. The Hall–Kier alpha value is -1.80. The molecule has 56 heavy (non-hydrogen) atoms. The van der Waals surface area contributed by atoms with Crippen LogP contribution < -0.4 is 5.32 Å². The number of carbonyl (C=O) groups is 1. The highest BCUT2D eigenvalue weighted by atomic mass is 31.2. The van der Waals surface area contributed by atoms with Crippen molar-refractivity contribution in [3.63, 3.8) is 0 Å². The monoisotopic (exact) mass is 808 g/mol. The second kappa shape index (κ2) is 38.7. The number of allylic oxidation sites excluding steroid dienone is 9. The van der Waals surface area contributed by atoms with E-state index >= 15 is 0 Å². The Balaban J connectivity index is 3.78. The minimum Gasteiger partial charge on any atom is -0.387 e. The summed E-state index contributed by atoms with van der Waals surface area (Å²) in [5.41, 5.74) is 0. The van der Waals surface area contributed by atoms with Gasteiger partial charge in [-0.1, -0.05) is 184 Å². The molecule has 0 radical (unpaired) electrons. The molecular weight excluding hydrogens is 719 g/mol. The molecule has 0 aliphatic rings. The van der Waals surface area contributed by atoms with E-state index in [9.17, 15) is 19.4 Å². The van der Waals surface area contributed by atoms with E-state index < -0.39 is 20.0 Å². The Morgan fingerprint density at radius 1 is 0.625 bits per heavy atom. The number of amides is 1. The molecule has 0 rings (SSSR count). The Morgan fingerprint density at radius 2 is 1.07 bits per heavy atom. The van der Waals surface area contributed by atoms with E-state index in [-0.39, 0.29) is 19.1 Å². The summed E-state index contributed by atoms with van der Waals surface area (Å²) < 4.78 is 23.2. The number of phosphoric acid groups is 1. The van der Waals surface area contributed by atoms with Crippen molar-refractivity contribution in [1.29, 1.82) is 0 Å². The van der Waals surface area contributed by atoms with Crippen LogP contribution in [0.15, 0.2) is 60.8 Å². The first kappa shape index (κ1) is 54.2. The maximum absolute atomic E-state index is 12.7. The molecule has 0 aromatic carbocycles. The van der Waals surface area contributed by atoms with Gasteiger partial charge in [0.25, 0.3) is 0 Å². The minimum atomic E-state index is -4.31. The van der Waals surface area contributed by atoms with Crippen LogP contribution in [0.5, 0.6) is 0 Å². The highest BCUT2D eigenvalue weighted by molar-refractivity contribution is 7.47. The molecule has 0 aromatic heterocycles. The molecule has 3 N–H and O–H groups in total. The third kappa shape index (κ3) is 40.4. The topological polar surface area (TPSA) is 105 Å². The molecular formula is C47H88N2O6P+. The van der Waals surface area contributed by atoms with E-state index in [1.807, 2.05) is 34.1 Å². The van der Waals surface area contributed by atoms with Gasteiger partial charge in [0.15, 0.2) is 0 Å². The smallest absolute Gasteiger partial charge is 0.387 e. The second-order valence-corrected chi connectivity index (χ2v) is 17.9. The molecule has 0 saturated heterocycles. The number of aliphatic hydroxyl groups is 1. The van der Waals surface area contributed by atoms with Crippen LogP contribution in [0, 0.1) is 0 Å². The fourth-order valence-corrected chi connectivity index (χ4v) is 6.89. The fourth-order valence-electron chi connectivity index (χ4n) is 6.16. The lowest BCUT2D eigenvalue weighted by Gasteiger charge is -2.25. The molecule has 0 fully saturated rings. The number of likely N-dealkylation sites (N-methyl/N-ethyl adjacent to an activating group) is 1. The van der Waals surface area contributed by atoms with Crippen LogP contribution in [0.3, 0.4) is 0 Å². The summed E-state index contributed by atoms with van der Waals surface area (Å²) in [5.74, 6) is -0.190. The molecule has 3 unspecified atom stereocenters. The molecule has 0 saturated carbocycles. The zero-order valence-corrected chi connectivity index (χ0v) is 37.8. The molecule has 0 spiro atoms. The summed E-state index contributed by atoms with van der Waals surface area (Å²) in [6.45, 7) is 4.48. The van der Waals surface area contributed by atoms with Gasteiger partial charge in [-0.05, 0) is 51.4 Å². The van der Waals surface area contributed by atoms with Crippen molar-refractivity contribution in [2.45, 2.75) is 193 Å². The van der Waals surface area contributed by atoms with E-state index in [0.29, 0.717) is 17.4 Å². The lowest BCUT2D eigenvalue weighted by molar-refractivity contribution is -0.870. The van der Waals surface area contributed by atoms with Gasteiger partial charge in [0.2, 0.25) is 5.91 Å². The predicted molar refractivity (Wildman–Crippen MR) is 240 cm³/mol. The maximum Gasteiger partial charge on any atom is 0.472 e. The van der Waals surface area contributed by atoms with Crippen molar-refractivity contribution in [2.24, 2.45) is 0 Å². The number of nitrogens with zero attached hydrogens (tertiary/aromatic N) is 1. The third-order valence-electron chi connectivity index (χ3n) is 9.72. The summed E-state index contributed by atoms with van der Waals surface area (Å²) in [5, 5.41) is 13.5. The van der Waals surface area contributed by atoms with Gasteiger partial charge in [0, 0.05) is 6.42 Å². The van der Waals surface area contributed by atoms with Crippen LogP contribution in [0.25, 0.3) is 0 Å². The second-order valence-electron chi connectivity index (χ2n) is 16.4. The lowest BCUT2D eigenvalue weighted by Crippen LogP contribution is -2.45. The van der Waals surface area contributed by atoms with Gasteiger partial charge in [-0.3, -0.25) is 13.8 Å². The standard InChI is InChI=1S/C47H87N2O6P/c1-6-8-10-11-12-13-14-15-16-17-18-19-20-21-22-23-24-25-26-27-28-29-30-31-32-33-34-35-36-37-39-41-47(51)48-45(46(50)40-38-9-7-2)44-55-56(52,53)54-43-42-49(3,4)5/h8,10,12-13,15-16,18-19,38,40,45-46,50H,6-7,9,11,14,17,20-37,39,41-44H2,1-5H3,(H-,48,51,52,53)/p+1/b10-8-,13-12-,16-15-,19-18-,40-38+. The zero-order chi connectivity index (χ0) is 41.4. The van der Waals surface area contributed by atoms with Gasteiger partial charge in [0.1, 0.15) is 13.2 Å². The average Bonchev–Trinajstić information content (AvgIpc) is 3.15. The average molecular weight is 808 g/mol. The van der Waals surface area contributed by atoms with Gasteiger partial charge in [-0.25, -0.2) is 4.57 Å². The van der Waals surface area contributed by atoms with Gasteiger partial charge in [-0.15, -0.1) is 0 Å². The van der Waals surface area contributed by atoms with Crippen molar-refractivity contribution < 1.29 is 32.9 Å².